The van der Waals surface area contributed by atoms with Crippen LogP contribution < -0.4 is 14.8 Å². The highest BCUT2D eigenvalue weighted by Crippen LogP contribution is 2.31. The summed E-state index contributed by atoms with van der Waals surface area (Å²) in [6.45, 7) is 5.28. The van der Waals surface area contributed by atoms with Gasteiger partial charge in [-0.15, -0.1) is 0 Å². The quantitative estimate of drug-likeness (QED) is 0.812. The maximum atomic E-state index is 12.5. The molecule has 2 aromatic carbocycles. The van der Waals surface area contributed by atoms with E-state index in [1.807, 2.05) is 0 Å². The largest absolute Gasteiger partial charge is 0.480 e. The van der Waals surface area contributed by atoms with E-state index >= 15 is 0 Å². The summed E-state index contributed by atoms with van der Waals surface area (Å²) in [5, 5.41) is 3.31. The first kappa shape index (κ1) is 19.7. The summed E-state index contributed by atoms with van der Waals surface area (Å²) in [5.41, 5.74) is 0.644. The third kappa shape index (κ3) is 4.80. The second kappa shape index (κ2) is 7.14. The van der Waals surface area contributed by atoms with Gasteiger partial charge in [-0.3, -0.25) is 4.79 Å². The fourth-order valence-electron chi connectivity index (χ4n) is 2.79. The Hall–Kier alpha value is -2.09. The van der Waals surface area contributed by atoms with Gasteiger partial charge in [-0.2, -0.15) is 0 Å². The standard InChI is InChI=1S/C19H21ClN2O4S/c1-19(2,3)22-27(24,25)15-6-4-5-14(11-15)21-18(23)17-10-12-9-13(20)7-8-16(12)26-17/h4-9,11,17,22H,10H2,1-3H3,(H,21,23). The number of hydrogen-bond donors (Lipinski definition) is 2. The highest BCUT2D eigenvalue weighted by Gasteiger charge is 2.29. The molecule has 1 aliphatic rings. The SMILES string of the molecule is CC(C)(C)NS(=O)(=O)c1cccc(NC(=O)C2Cc3cc(Cl)ccc3O2)c1. The molecule has 0 aliphatic carbocycles. The molecule has 0 fully saturated rings. The van der Waals surface area contributed by atoms with E-state index in [0.717, 1.165) is 5.56 Å². The van der Waals surface area contributed by atoms with Crippen LogP contribution >= 0.6 is 11.6 Å². The van der Waals surface area contributed by atoms with Crippen LogP contribution in [0.15, 0.2) is 47.4 Å². The molecule has 1 unspecified atom stereocenters. The van der Waals surface area contributed by atoms with E-state index in [2.05, 4.69) is 10.0 Å². The first-order valence-electron chi connectivity index (χ1n) is 8.43. The van der Waals surface area contributed by atoms with Gasteiger partial charge in [-0.1, -0.05) is 17.7 Å². The van der Waals surface area contributed by atoms with Crippen molar-refractivity contribution in [2.45, 2.75) is 43.7 Å². The third-order valence-electron chi connectivity index (χ3n) is 3.84. The molecule has 0 aromatic heterocycles. The second-order valence-electron chi connectivity index (χ2n) is 7.44. The van der Waals surface area contributed by atoms with E-state index < -0.39 is 21.7 Å². The van der Waals surface area contributed by atoms with E-state index in [4.69, 9.17) is 16.3 Å². The fraction of sp³-hybridized carbons (Fsp3) is 0.316. The van der Waals surface area contributed by atoms with Crippen LogP contribution in [0.5, 0.6) is 5.75 Å². The zero-order chi connectivity index (χ0) is 19.8. The van der Waals surface area contributed by atoms with Gasteiger partial charge in [0.2, 0.25) is 10.0 Å². The van der Waals surface area contributed by atoms with Crippen LogP contribution in [0.4, 0.5) is 5.69 Å². The number of carbonyl (C=O) groups is 1. The molecule has 6 nitrogen and oxygen atoms in total. The van der Waals surface area contributed by atoms with Crippen LogP contribution in [0.2, 0.25) is 5.02 Å². The molecule has 2 N–H and O–H groups in total. The predicted octanol–water partition coefficient (Wildman–Crippen LogP) is 3.36. The molecule has 0 saturated carbocycles. The van der Waals surface area contributed by atoms with Crippen molar-refractivity contribution in [2.75, 3.05) is 5.32 Å². The van der Waals surface area contributed by atoms with Crippen LogP contribution in [-0.2, 0) is 21.2 Å². The number of halogens is 1. The van der Waals surface area contributed by atoms with E-state index in [9.17, 15) is 13.2 Å². The van der Waals surface area contributed by atoms with Gasteiger partial charge in [0.15, 0.2) is 6.10 Å². The van der Waals surface area contributed by atoms with Gasteiger partial charge < -0.3 is 10.1 Å². The Morgan fingerprint density at radius 3 is 2.63 bits per heavy atom. The number of anilines is 1. The normalized spacial score (nSPS) is 16.5. The lowest BCUT2D eigenvalue weighted by Gasteiger charge is -2.20. The van der Waals surface area contributed by atoms with Crippen molar-refractivity contribution >= 4 is 33.2 Å². The average Bonchev–Trinajstić information content (AvgIpc) is 2.96. The maximum Gasteiger partial charge on any atom is 0.265 e. The van der Waals surface area contributed by atoms with E-state index in [1.165, 1.54) is 12.1 Å². The van der Waals surface area contributed by atoms with Gasteiger partial charge in [0.1, 0.15) is 5.75 Å². The fourth-order valence-corrected chi connectivity index (χ4v) is 4.45. The van der Waals surface area contributed by atoms with Gasteiger partial charge >= 0.3 is 0 Å². The molecule has 3 rings (SSSR count). The highest BCUT2D eigenvalue weighted by molar-refractivity contribution is 7.89. The van der Waals surface area contributed by atoms with Crippen LogP contribution in [0.25, 0.3) is 0 Å². The zero-order valence-electron chi connectivity index (χ0n) is 15.2. The number of rotatable bonds is 4. The molecule has 0 bridgehead atoms. The molecule has 2 aromatic rings. The minimum absolute atomic E-state index is 0.0811. The topological polar surface area (TPSA) is 84.5 Å². The number of nitrogens with one attached hydrogen (secondary N) is 2. The molecule has 1 amide bonds. The summed E-state index contributed by atoms with van der Waals surface area (Å²) >= 11 is 5.97. The number of hydrogen-bond acceptors (Lipinski definition) is 4. The zero-order valence-corrected chi connectivity index (χ0v) is 16.8. The Labute approximate surface area is 163 Å². The maximum absolute atomic E-state index is 12.5. The van der Waals surface area contributed by atoms with E-state index in [0.29, 0.717) is 22.9 Å². The lowest BCUT2D eigenvalue weighted by Crippen LogP contribution is -2.40. The van der Waals surface area contributed by atoms with Crippen molar-refractivity contribution in [1.29, 1.82) is 0 Å². The molecule has 27 heavy (non-hydrogen) atoms. The number of benzene rings is 2. The molecule has 0 spiro atoms. The van der Waals surface area contributed by atoms with Gasteiger partial charge in [0.05, 0.1) is 4.90 Å². The Morgan fingerprint density at radius 2 is 1.93 bits per heavy atom. The monoisotopic (exact) mass is 408 g/mol. The molecule has 1 heterocycles. The first-order chi connectivity index (χ1) is 12.5. The lowest BCUT2D eigenvalue weighted by molar-refractivity contribution is -0.122. The lowest BCUT2D eigenvalue weighted by atomic mass is 10.1. The molecule has 1 aliphatic heterocycles. The van der Waals surface area contributed by atoms with Crippen LogP contribution in [0, 0.1) is 0 Å². The van der Waals surface area contributed by atoms with Gasteiger partial charge in [-0.05, 0) is 62.7 Å². The van der Waals surface area contributed by atoms with E-state index in [-0.39, 0.29) is 10.8 Å². The Bertz CT molecular complexity index is 983. The van der Waals surface area contributed by atoms with Gasteiger partial charge in [0.25, 0.3) is 5.91 Å². The molecule has 1 atom stereocenters. The number of ether oxygens (including phenoxy) is 1. The van der Waals surface area contributed by atoms with Crippen molar-refractivity contribution in [3.63, 3.8) is 0 Å². The predicted molar refractivity (Wildman–Crippen MR) is 105 cm³/mol. The average molecular weight is 409 g/mol. The van der Waals surface area contributed by atoms with Gasteiger partial charge in [-0.25, -0.2) is 13.1 Å². The van der Waals surface area contributed by atoms with Crippen molar-refractivity contribution in [3.8, 4) is 5.75 Å². The number of carbonyl (C=O) groups excluding carboxylic acids is 1. The molecule has 8 heteroatoms. The first-order valence-corrected chi connectivity index (χ1v) is 10.3. The molecular formula is C19H21ClN2O4S. The molecular weight excluding hydrogens is 388 g/mol. The molecule has 0 saturated heterocycles. The second-order valence-corrected chi connectivity index (χ2v) is 9.55. The Kier molecular flexibility index (Phi) is 5.20. The summed E-state index contributed by atoms with van der Waals surface area (Å²) in [6.07, 6.45) is -0.280. The van der Waals surface area contributed by atoms with Gasteiger partial charge in [0, 0.05) is 22.7 Å². The number of fused-ring (bicyclic) bond motifs is 1. The Balaban J connectivity index is 1.73. The van der Waals surface area contributed by atoms with Crippen LogP contribution in [0.3, 0.4) is 0 Å². The summed E-state index contributed by atoms with van der Waals surface area (Å²) in [5.74, 6) is 0.283. The number of sulfonamides is 1. The summed E-state index contributed by atoms with van der Waals surface area (Å²) in [4.78, 5) is 12.6. The van der Waals surface area contributed by atoms with Crippen LogP contribution in [0.1, 0.15) is 26.3 Å². The Morgan fingerprint density at radius 1 is 1.19 bits per heavy atom. The summed E-state index contributed by atoms with van der Waals surface area (Å²) in [6, 6.07) is 11.3. The smallest absolute Gasteiger partial charge is 0.265 e. The van der Waals surface area contributed by atoms with E-state index in [1.54, 1.807) is 51.1 Å². The minimum atomic E-state index is -3.69. The minimum Gasteiger partial charge on any atom is -0.480 e. The molecule has 144 valence electrons. The van der Waals surface area contributed by atoms with Crippen molar-refractivity contribution in [3.05, 3.63) is 53.1 Å². The van der Waals surface area contributed by atoms with Crippen LogP contribution in [-0.4, -0.2) is 26.0 Å². The third-order valence-corrected chi connectivity index (χ3v) is 5.83. The van der Waals surface area contributed by atoms with Crippen molar-refractivity contribution in [1.82, 2.24) is 4.72 Å². The summed E-state index contributed by atoms with van der Waals surface area (Å²) < 4.78 is 33.2. The highest BCUT2D eigenvalue weighted by atomic mass is 35.5. The van der Waals surface area contributed by atoms with Crippen molar-refractivity contribution in [2.24, 2.45) is 0 Å². The molecule has 0 radical (unpaired) electrons. The number of amides is 1. The van der Waals surface area contributed by atoms with Crippen molar-refractivity contribution < 1.29 is 17.9 Å². The summed E-state index contributed by atoms with van der Waals surface area (Å²) in [7, 11) is -3.69.